The van der Waals surface area contributed by atoms with E-state index in [9.17, 15) is 9.59 Å². The molecule has 5 rings (SSSR count). The van der Waals surface area contributed by atoms with E-state index in [0.717, 1.165) is 35.9 Å². The Balaban J connectivity index is 1.49. The fourth-order valence-corrected chi connectivity index (χ4v) is 4.94. The first kappa shape index (κ1) is 22.9. The van der Waals surface area contributed by atoms with Crippen LogP contribution >= 0.6 is 0 Å². The normalized spacial score (nSPS) is 15.8. The van der Waals surface area contributed by atoms with Crippen LogP contribution in [0.5, 0.6) is 11.5 Å². The first-order valence-electron chi connectivity index (χ1n) is 11.6. The van der Waals surface area contributed by atoms with E-state index < -0.39 is 0 Å². The minimum atomic E-state index is -0.197. The topological polar surface area (TPSA) is 98.3 Å². The molecule has 0 bridgehead atoms. The second-order valence-electron chi connectivity index (χ2n) is 8.78. The van der Waals surface area contributed by atoms with Gasteiger partial charge in [0.25, 0.3) is 11.8 Å². The smallest absolute Gasteiger partial charge is 0.256 e. The molecule has 1 saturated heterocycles. The number of carbonyl (C=O) groups excluding carboxylic acids is 2. The number of ether oxygens (including phenoxy) is 2. The molecule has 0 unspecified atom stereocenters. The molecule has 1 fully saturated rings. The summed E-state index contributed by atoms with van der Waals surface area (Å²) in [6.45, 7) is 4.92. The third kappa shape index (κ3) is 3.91. The Morgan fingerprint density at radius 3 is 2.86 bits per heavy atom. The summed E-state index contributed by atoms with van der Waals surface area (Å²) in [5.74, 6) is 1.45. The van der Waals surface area contributed by atoms with Crippen LogP contribution in [0.1, 0.15) is 44.9 Å². The van der Waals surface area contributed by atoms with Gasteiger partial charge in [-0.15, -0.1) is 0 Å². The molecular formula is C26H28N4O5. The van der Waals surface area contributed by atoms with Crippen molar-refractivity contribution in [3.63, 3.8) is 0 Å². The van der Waals surface area contributed by atoms with Crippen LogP contribution in [0.2, 0.25) is 0 Å². The molecule has 0 radical (unpaired) electrons. The van der Waals surface area contributed by atoms with Crippen molar-refractivity contribution in [3.8, 4) is 11.5 Å². The predicted octanol–water partition coefficient (Wildman–Crippen LogP) is 4.10. The zero-order valence-electron chi connectivity index (χ0n) is 20.3. The van der Waals surface area contributed by atoms with Crippen LogP contribution in [0.15, 0.2) is 41.1 Å². The van der Waals surface area contributed by atoms with E-state index in [0.29, 0.717) is 40.6 Å². The number of hydrogen-bond donors (Lipinski definition) is 1. The van der Waals surface area contributed by atoms with Gasteiger partial charge in [-0.3, -0.25) is 9.59 Å². The highest BCUT2D eigenvalue weighted by Gasteiger charge is 2.31. The number of hydrogen-bond acceptors (Lipinski definition) is 6. The lowest BCUT2D eigenvalue weighted by atomic mass is 10.1. The van der Waals surface area contributed by atoms with E-state index in [-0.39, 0.29) is 17.9 Å². The molecule has 1 aromatic carbocycles. The molecule has 1 aliphatic rings. The molecule has 1 aliphatic heterocycles. The second-order valence-corrected chi connectivity index (χ2v) is 8.78. The molecule has 4 aromatic rings. The quantitative estimate of drug-likeness (QED) is 0.450. The average molecular weight is 477 g/mol. The van der Waals surface area contributed by atoms with Crippen LogP contribution in [0.3, 0.4) is 0 Å². The van der Waals surface area contributed by atoms with Gasteiger partial charge in [-0.05, 0) is 44.4 Å². The summed E-state index contributed by atoms with van der Waals surface area (Å²) in [7, 11) is 3.25. The lowest BCUT2D eigenvalue weighted by Crippen LogP contribution is -2.38. The highest BCUT2D eigenvalue weighted by atomic mass is 16.5. The minimum Gasteiger partial charge on any atom is -0.460 e. The van der Waals surface area contributed by atoms with E-state index in [1.54, 1.807) is 56.2 Å². The fourth-order valence-electron chi connectivity index (χ4n) is 4.94. The van der Waals surface area contributed by atoms with Gasteiger partial charge < -0.3 is 24.1 Å². The van der Waals surface area contributed by atoms with E-state index in [1.807, 2.05) is 17.9 Å². The molecule has 0 aliphatic carbocycles. The van der Waals surface area contributed by atoms with E-state index >= 15 is 0 Å². The Kier molecular flexibility index (Phi) is 5.94. The molecule has 9 nitrogen and oxygen atoms in total. The third-order valence-electron chi connectivity index (χ3n) is 6.64. The summed E-state index contributed by atoms with van der Waals surface area (Å²) >= 11 is 0. The molecule has 3 aromatic heterocycles. The maximum Gasteiger partial charge on any atom is 0.256 e. The van der Waals surface area contributed by atoms with Gasteiger partial charge in [0.1, 0.15) is 22.6 Å². The largest absolute Gasteiger partial charge is 0.460 e. The van der Waals surface area contributed by atoms with Crippen molar-refractivity contribution >= 4 is 28.3 Å². The predicted molar refractivity (Wildman–Crippen MR) is 130 cm³/mol. The molecule has 2 amide bonds. The Morgan fingerprint density at radius 1 is 1.26 bits per heavy atom. The number of rotatable bonds is 6. The first-order chi connectivity index (χ1) is 16.9. The van der Waals surface area contributed by atoms with Gasteiger partial charge in [0.05, 0.1) is 30.0 Å². The van der Waals surface area contributed by atoms with Crippen LogP contribution in [-0.4, -0.2) is 59.7 Å². The molecule has 35 heavy (non-hydrogen) atoms. The molecule has 4 heterocycles. The molecule has 0 spiro atoms. The molecule has 0 saturated carbocycles. The van der Waals surface area contributed by atoms with Crippen molar-refractivity contribution < 1.29 is 23.5 Å². The van der Waals surface area contributed by atoms with Crippen molar-refractivity contribution in [2.75, 3.05) is 27.3 Å². The van der Waals surface area contributed by atoms with Crippen molar-refractivity contribution in [1.29, 1.82) is 0 Å². The number of carbonyl (C=O) groups is 2. The lowest BCUT2D eigenvalue weighted by molar-refractivity contribution is 0.0630. The number of nitrogens with one attached hydrogen (secondary N) is 1. The first-order valence-corrected chi connectivity index (χ1v) is 11.6. The second kappa shape index (κ2) is 9.07. The number of amides is 2. The van der Waals surface area contributed by atoms with Gasteiger partial charge in [0.15, 0.2) is 5.75 Å². The van der Waals surface area contributed by atoms with Gasteiger partial charge in [0, 0.05) is 44.4 Å². The number of benzene rings is 1. The highest BCUT2D eigenvalue weighted by molar-refractivity contribution is 6.07. The molecular weight excluding hydrogens is 448 g/mol. The average Bonchev–Trinajstić information content (AvgIpc) is 3.54. The summed E-state index contributed by atoms with van der Waals surface area (Å²) in [4.78, 5) is 27.5. The monoisotopic (exact) mass is 476 g/mol. The van der Waals surface area contributed by atoms with Gasteiger partial charge >= 0.3 is 0 Å². The maximum atomic E-state index is 13.4. The van der Waals surface area contributed by atoms with Crippen LogP contribution < -0.4 is 10.1 Å². The Morgan fingerprint density at radius 2 is 2.09 bits per heavy atom. The fraction of sp³-hybridized carbons (Fsp3) is 0.346. The molecule has 182 valence electrons. The van der Waals surface area contributed by atoms with Crippen molar-refractivity contribution in [2.45, 2.75) is 32.7 Å². The van der Waals surface area contributed by atoms with Gasteiger partial charge in [-0.1, -0.05) is 0 Å². The summed E-state index contributed by atoms with van der Waals surface area (Å²) in [6.07, 6.45) is 5.31. The highest BCUT2D eigenvalue weighted by Crippen LogP contribution is 2.34. The van der Waals surface area contributed by atoms with Crippen LogP contribution in [0.4, 0.5) is 0 Å². The van der Waals surface area contributed by atoms with Crippen LogP contribution in [-0.2, 0) is 4.74 Å². The summed E-state index contributed by atoms with van der Waals surface area (Å²) in [5, 5.41) is 7.77. The third-order valence-corrected chi connectivity index (χ3v) is 6.64. The zero-order chi connectivity index (χ0) is 24.7. The number of aromatic nitrogens is 2. The number of likely N-dealkylation sites (tertiary alicyclic amines) is 1. The van der Waals surface area contributed by atoms with Crippen molar-refractivity contribution in [2.24, 2.45) is 0 Å². The van der Waals surface area contributed by atoms with E-state index in [2.05, 4.69) is 10.4 Å². The van der Waals surface area contributed by atoms with Crippen molar-refractivity contribution in [1.82, 2.24) is 19.8 Å². The Hall–Kier alpha value is -3.85. The molecule has 1 N–H and O–H groups in total. The molecule has 9 heteroatoms. The number of methoxy groups -OCH3 is 1. The standard InChI is InChI=1S/C26H28N4O5/c1-15-20(26(32)29-11-5-6-17(29)14-33-4)13-30-24(15)21(9-10-28-30)35-18-7-8-19-22(12-18)34-16(2)23(19)25(31)27-3/h7-10,12-13,17H,5-6,11,14H2,1-4H3,(H,27,31)/t17-/m1/s1. The van der Waals surface area contributed by atoms with Gasteiger partial charge in [-0.25, -0.2) is 4.52 Å². The molecule has 1 atom stereocenters. The number of aryl methyl sites for hydroxylation is 2. The SMILES string of the molecule is CNC(=O)c1c(C)oc2cc(Oc3ccnn4cc(C(=O)N5CCC[C@@H]5COC)c(C)c34)ccc12. The van der Waals surface area contributed by atoms with Crippen LogP contribution in [0, 0.1) is 13.8 Å². The lowest BCUT2D eigenvalue weighted by Gasteiger charge is -2.24. The van der Waals surface area contributed by atoms with Crippen LogP contribution in [0.25, 0.3) is 16.5 Å². The Labute approximate surface area is 202 Å². The number of furan rings is 1. The maximum absolute atomic E-state index is 13.4. The Bertz CT molecular complexity index is 1440. The van der Waals surface area contributed by atoms with E-state index in [4.69, 9.17) is 13.9 Å². The minimum absolute atomic E-state index is 0.0206. The summed E-state index contributed by atoms with van der Waals surface area (Å²) in [5.41, 5.74) is 3.20. The number of fused-ring (bicyclic) bond motifs is 2. The zero-order valence-corrected chi connectivity index (χ0v) is 20.3. The number of nitrogens with zero attached hydrogens (tertiary/aromatic N) is 3. The van der Waals surface area contributed by atoms with E-state index in [1.165, 1.54) is 0 Å². The summed E-state index contributed by atoms with van der Waals surface area (Å²) < 4.78 is 19.0. The van der Waals surface area contributed by atoms with Gasteiger partial charge in [0.2, 0.25) is 0 Å². The van der Waals surface area contributed by atoms with Gasteiger partial charge in [-0.2, -0.15) is 5.10 Å². The summed E-state index contributed by atoms with van der Waals surface area (Å²) in [6, 6.07) is 7.23. The van der Waals surface area contributed by atoms with Crippen molar-refractivity contribution in [3.05, 3.63) is 59.1 Å².